The van der Waals surface area contributed by atoms with Gasteiger partial charge in [0.05, 0.1) is 11.3 Å². The fourth-order valence-electron chi connectivity index (χ4n) is 4.36. The van der Waals surface area contributed by atoms with Crippen molar-refractivity contribution in [2.24, 2.45) is 0 Å². The SMILES string of the molecule is [2H]C([2H])([2H])c1ccc2c(c1)-c1nc(ccc1C(F)(F)F)NS(=O)(=O)c1cccc(n1)N(CCCC(C)=O)CCCC2. The van der Waals surface area contributed by atoms with Gasteiger partial charge in [-0.2, -0.15) is 21.6 Å². The van der Waals surface area contributed by atoms with E-state index in [0.29, 0.717) is 56.6 Å². The van der Waals surface area contributed by atoms with E-state index in [1.54, 1.807) is 6.07 Å². The fourth-order valence-corrected chi connectivity index (χ4v) is 5.33. The van der Waals surface area contributed by atoms with Crippen molar-refractivity contribution in [3.63, 3.8) is 0 Å². The van der Waals surface area contributed by atoms with Crippen molar-refractivity contribution in [1.29, 1.82) is 0 Å². The zero-order valence-electron chi connectivity index (χ0n) is 23.7. The monoisotopic (exact) mass is 549 g/mol. The molecule has 0 saturated heterocycles. The molecule has 0 atom stereocenters. The third kappa shape index (κ3) is 6.50. The van der Waals surface area contributed by atoms with Gasteiger partial charge in [0, 0.05) is 29.2 Å². The van der Waals surface area contributed by atoms with Crippen LogP contribution in [-0.2, 0) is 27.4 Å². The average Bonchev–Trinajstić information content (AvgIpc) is 2.88. The number of rotatable bonds is 4. The van der Waals surface area contributed by atoms with E-state index in [1.807, 2.05) is 4.90 Å². The topological polar surface area (TPSA) is 92.3 Å². The lowest BCUT2D eigenvalue weighted by Gasteiger charge is -2.24. The molecule has 0 saturated carbocycles. The van der Waals surface area contributed by atoms with E-state index in [-0.39, 0.29) is 27.8 Å². The van der Waals surface area contributed by atoms with Gasteiger partial charge in [0.1, 0.15) is 17.4 Å². The molecule has 11 heteroatoms. The van der Waals surface area contributed by atoms with E-state index in [2.05, 4.69) is 14.7 Å². The fraction of sp³-hybridized carbons (Fsp3) is 0.370. The van der Waals surface area contributed by atoms with Crippen molar-refractivity contribution in [3.05, 3.63) is 65.2 Å². The number of sulfonamides is 1. The zero-order chi connectivity index (χ0) is 30.0. The standard InChI is InChI=1S/C27H29F3N4O3S/c1-18-11-12-20-8-3-4-15-34(16-6-7-19(2)35)24-9-5-10-25(32-24)38(36,37)33-23-14-13-22(27(28,29)30)26(31-23)21(20)17-18/h5,9-14,17H,3-4,6-8,15-16H2,1-2H3,(H,31,33)/i1D3. The normalized spacial score (nSPS) is 17.1. The van der Waals surface area contributed by atoms with Crippen molar-refractivity contribution in [3.8, 4) is 11.3 Å². The van der Waals surface area contributed by atoms with Crippen LogP contribution in [0.3, 0.4) is 0 Å². The van der Waals surface area contributed by atoms with Gasteiger partial charge in [-0.3, -0.25) is 4.72 Å². The first-order chi connectivity index (χ1) is 19.1. The van der Waals surface area contributed by atoms with Gasteiger partial charge in [-0.1, -0.05) is 23.8 Å². The number of nitrogens with zero attached hydrogens (tertiary/aromatic N) is 3. The van der Waals surface area contributed by atoms with Crippen molar-refractivity contribution in [1.82, 2.24) is 9.97 Å². The maximum Gasteiger partial charge on any atom is 0.418 e. The van der Waals surface area contributed by atoms with Crippen LogP contribution in [0, 0.1) is 6.85 Å². The Kier molecular flexibility index (Phi) is 6.91. The average molecular weight is 550 g/mol. The van der Waals surface area contributed by atoms with Crippen LogP contribution in [0.25, 0.3) is 11.3 Å². The summed E-state index contributed by atoms with van der Waals surface area (Å²) >= 11 is 0. The molecule has 4 bridgehead atoms. The number of benzene rings is 1. The van der Waals surface area contributed by atoms with Crippen molar-refractivity contribution in [2.45, 2.75) is 57.1 Å². The minimum Gasteiger partial charge on any atom is -0.357 e. The second kappa shape index (κ2) is 11.1. The first-order valence-electron chi connectivity index (χ1n) is 13.6. The molecule has 1 aliphatic rings. The molecule has 38 heavy (non-hydrogen) atoms. The summed E-state index contributed by atoms with van der Waals surface area (Å²) in [6, 6.07) is 10.1. The summed E-state index contributed by atoms with van der Waals surface area (Å²) in [5.41, 5.74) is -1.43. The van der Waals surface area contributed by atoms with Crippen LogP contribution in [0.5, 0.6) is 0 Å². The van der Waals surface area contributed by atoms with E-state index in [1.165, 1.54) is 37.3 Å². The Morgan fingerprint density at radius 3 is 2.68 bits per heavy atom. The van der Waals surface area contributed by atoms with E-state index >= 15 is 0 Å². The number of Topliss-reactive ketones (excluding diaryl/α,β-unsaturated/α-hetero) is 1. The minimum atomic E-state index is -4.84. The Bertz CT molecular complexity index is 1550. The van der Waals surface area contributed by atoms with Gasteiger partial charge in [0.2, 0.25) is 0 Å². The molecular weight excluding hydrogens is 517 g/mol. The number of aryl methyl sites for hydroxylation is 2. The predicted molar refractivity (Wildman–Crippen MR) is 140 cm³/mol. The Balaban J connectivity index is 1.86. The van der Waals surface area contributed by atoms with Gasteiger partial charge in [-0.05, 0) is 75.4 Å². The Hall–Kier alpha value is -3.47. The summed E-state index contributed by atoms with van der Waals surface area (Å²) in [6.45, 7) is -0.200. The lowest BCUT2D eigenvalue weighted by atomic mass is 9.94. The van der Waals surface area contributed by atoms with Gasteiger partial charge in [-0.15, -0.1) is 0 Å². The van der Waals surface area contributed by atoms with Gasteiger partial charge >= 0.3 is 6.18 Å². The molecule has 0 radical (unpaired) electrons. The molecule has 4 rings (SSSR count). The number of hydrogen-bond acceptors (Lipinski definition) is 6. The second-order valence-electron chi connectivity index (χ2n) is 9.15. The molecule has 0 fully saturated rings. The molecule has 7 nitrogen and oxygen atoms in total. The molecule has 2 aromatic heterocycles. The van der Waals surface area contributed by atoms with Crippen LogP contribution in [0.15, 0.2) is 53.6 Å². The largest absolute Gasteiger partial charge is 0.418 e. The van der Waals surface area contributed by atoms with Gasteiger partial charge in [0.25, 0.3) is 10.0 Å². The Labute approximate surface area is 224 Å². The first-order valence-corrected chi connectivity index (χ1v) is 13.6. The molecular formula is C27H29F3N4O3S. The molecule has 0 unspecified atom stereocenters. The number of hydrogen-bond donors (Lipinski definition) is 1. The van der Waals surface area contributed by atoms with Gasteiger partial charge in [0.15, 0.2) is 5.03 Å². The second-order valence-corrected chi connectivity index (χ2v) is 10.8. The maximum absolute atomic E-state index is 14.1. The van der Waals surface area contributed by atoms with Crippen LogP contribution in [-0.4, -0.2) is 37.3 Å². The van der Waals surface area contributed by atoms with Crippen LogP contribution >= 0.6 is 0 Å². The summed E-state index contributed by atoms with van der Waals surface area (Å²) in [4.78, 5) is 21.7. The van der Waals surface area contributed by atoms with Crippen molar-refractivity contribution in [2.75, 3.05) is 22.7 Å². The number of anilines is 2. The molecule has 3 aromatic rings. The summed E-state index contributed by atoms with van der Waals surface area (Å²) < 4.78 is 94.4. The number of nitrogens with one attached hydrogen (secondary N) is 1. The minimum absolute atomic E-state index is 0.0253. The Morgan fingerprint density at radius 2 is 1.95 bits per heavy atom. The summed E-state index contributed by atoms with van der Waals surface area (Å²) in [5, 5.41) is -0.352. The molecule has 1 N–H and O–H groups in total. The number of pyridine rings is 2. The van der Waals surface area contributed by atoms with E-state index in [0.717, 1.165) is 12.1 Å². The van der Waals surface area contributed by atoms with Crippen LogP contribution in [0.1, 0.15) is 53.4 Å². The molecule has 1 aromatic carbocycles. The van der Waals surface area contributed by atoms with E-state index in [4.69, 9.17) is 4.11 Å². The number of carbonyl (C=O) groups is 1. The number of carbonyl (C=O) groups excluding carboxylic acids is 1. The number of ketones is 1. The number of aromatic nitrogens is 2. The quantitative estimate of drug-likeness (QED) is 0.443. The summed E-state index contributed by atoms with van der Waals surface area (Å²) in [7, 11) is -4.37. The van der Waals surface area contributed by atoms with Crippen LogP contribution in [0.2, 0.25) is 0 Å². The molecule has 0 amide bonds. The maximum atomic E-state index is 14.1. The highest BCUT2D eigenvalue weighted by molar-refractivity contribution is 7.92. The third-order valence-electron chi connectivity index (χ3n) is 6.19. The number of fused-ring (bicyclic) bond motifs is 6. The van der Waals surface area contributed by atoms with Crippen molar-refractivity contribution >= 4 is 27.4 Å². The summed E-state index contributed by atoms with van der Waals surface area (Å²) in [5.74, 6) is 0.0334. The lowest BCUT2D eigenvalue weighted by Crippen LogP contribution is -2.28. The molecule has 0 spiro atoms. The van der Waals surface area contributed by atoms with Crippen LogP contribution in [0.4, 0.5) is 24.8 Å². The predicted octanol–water partition coefficient (Wildman–Crippen LogP) is 5.78. The van der Waals surface area contributed by atoms with Gasteiger partial charge < -0.3 is 9.69 Å². The summed E-state index contributed by atoms with van der Waals surface area (Å²) in [6.07, 6.45) is -2.55. The highest BCUT2D eigenvalue weighted by Gasteiger charge is 2.35. The highest BCUT2D eigenvalue weighted by Crippen LogP contribution is 2.39. The third-order valence-corrected chi connectivity index (χ3v) is 7.45. The Morgan fingerprint density at radius 1 is 1.13 bits per heavy atom. The smallest absolute Gasteiger partial charge is 0.357 e. The van der Waals surface area contributed by atoms with E-state index in [9.17, 15) is 26.4 Å². The molecule has 0 aliphatic carbocycles. The first kappa shape index (κ1) is 23.6. The molecule has 202 valence electrons. The zero-order valence-corrected chi connectivity index (χ0v) is 21.5. The van der Waals surface area contributed by atoms with E-state index < -0.39 is 34.3 Å². The highest BCUT2D eigenvalue weighted by atomic mass is 32.2. The molecule has 1 aliphatic heterocycles. The molecule has 3 heterocycles. The van der Waals surface area contributed by atoms with Crippen LogP contribution < -0.4 is 9.62 Å². The lowest BCUT2D eigenvalue weighted by molar-refractivity contribution is -0.137. The van der Waals surface area contributed by atoms with Gasteiger partial charge in [-0.25, -0.2) is 9.97 Å². The van der Waals surface area contributed by atoms with Crippen molar-refractivity contribution < 1.29 is 30.5 Å². The number of halogens is 3. The number of alkyl halides is 3.